The van der Waals surface area contributed by atoms with Crippen LogP contribution in [0.1, 0.15) is 47.0 Å². The number of alkyl halides is 1. The van der Waals surface area contributed by atoms with Gasteiger partial charge in [0.25, 0.3) is 0 Å². The first-order valence-electron chi connectivity index (χ1n) is 6.68. The lowest BCUT2D eigenvalue weighted by Gasteiger charge is -2.34. The van der Waals surface area contributed by atoms with Crippen LogP contribution in [0, 0.1) is 0 Å². The summed E-state index contributed by atoms with van der Waals surface area (Å²) in [5, 5.41) is 0.888. The predicted octanol–water partition coefficient (Wildman–Crippen LogP) is 3.99. The van der Waals surface area contributed by atoms with Crippen molar-refractivity contribution in [3.63, 3.8) is 0 Å². The van der Waals surface area contributed by atoms with Crippen molar-refractivity contribution in [1.82, 2.24) is 0 Å². The number of halogens is 1. The summed E-state index contributed by atoms with van der Waals surface area (Å²) in [7, 11) is -2.51. The molecule has 0 saturated carbocycles. The van der Waals surface area contributed by atoms with Crippen LogP contribution in [-0.4, -0.2) is 34.0 Å². The van der Waals surface area contributed by atoms with Crippen LogP contribution in [0.2, 0.25) is 5.54 Å². The molecule has 0 aliphatic carbocycles. The minimum atomic E-state index is -2.51. The van der Waals surface area contributed by atoms with Crippen LogP contribution in [0.4, 0.5) is 0 Å². The normalized spacial score (nSPS) is 13.9. The maximum Gasteiger partial charge on any atom is 0.505 e. The molecule has 0 fully saturated rings. The number of hydrogen-bond acceptors (Lipinski definition) is 3. The van der Waals surface area contributed by atoms with Crippen LogP contribution >= 0.6 is 15.9 Å². The molecule has 0 bridgehead atoms. The molecule has 0 heterocycles. The highest BCUT2D eigenvalue weighted by atomic mass is 79.9. The predicted molar refractivity (Wildman–Crippen MR) is 77.7 cm³/mol. The molecule has 0 aromatic rings. The van der Waals surface area contributed by atoms with Crippen molar-refractivity contribution in [1.29, 1.82) is 0 Å². The maximum atomic E-state index is 5.92. The van der Waals surface area contributed by atoms with E-state index in [1.54, 1.807) is 0 Å². The van der Waals surface area contributed by atoms with Gasteiger partial charge in [-0.25, -0.2) is 0 Å². The van der Waals surface area contributed by atoms with Gasteiger partial charge in [0, 0.05) is 30.7 Å². The van der Waals surface area contributed by atoms with E-state index >= 15 is 0 Å². The Bertz CT molecular complexity index is 164. The SMILES string of the molecule is CCCCC(CBr)[Si](OCC)(OCC)OCC. The van der Waals surface area contributed by atoms with Crippen molar-refractivity contribution in [2.24, 2.45) is 0 Å². The Labute approximate surface area is 116 Å². The van der Waals surface area contributed by atoms with Gasteiger partial charge in [0.05, 0.1) is 0 Å². The zero-order valence-corrected chi connectivity index (χ0v) is 14.2. The van der Waals surface area contributed by atoms with Crippen molar-refractivity contribution >= 4 is 24.7 Å². The van der Waals surface area contributed by atoms with Crippen LogP contribution < -0.4 is 0 Å². The van der Waals surface area contributed by atoms with Crippen LogP contribution in [0.3, 0.4) is 0 Å². The molecule has 0 spiro atoms. The summed E-state index contributed by atoms with van der Waals surface area (Å²) in [5.41, 5.74) is 0.363. The minimum absolute atomic E-state index is 0.363. The van der Waals surface area contributed by atoms with Gasteiger partial charge in [-0.2, -0.15) is 0 Å². The maximum absolute atomic E-state index is 5.92. The highest BCUT2D eigenvalue weighted by Crippen LogP contribution is 2.32. The summed E-state index contributed by atoms with van der Waals surface area (Å²) in [6.07, 6.45) is 3.49. The van der Waals surface area contributed by atoms with Crippen LogP contribution in [-0.2, 0) is 13.3 Å². The lowest BCUT2D eigenvalue weighted by atomic mass is 10.2. The van der Waals surface area contributed by atoms with E-state index in [4.69, 9.17) is 13.3 Å². The summed E-state index contributed by atoms with van der Waals surface area (Å²) in [5.74, 6) is 0. The molecule has 0 aliphatic heterocycles. The van der Waals surface area contributed by atoms with Gasteiger partial charge < -0.3 is 13.3 Å². The van der Waals surface area contributed by atoms with E-state index in [0.29, 0.717) is 25.4 Å². The molecule has 3 nitrogen and oxygen atoms in total. The molecular formula is C12H27BrO3Si. The van der Waals surface area contributed by atoms with Crippen molar-refractivity contribution in [2.45, 2.75) is 52.5 Å². The second-order valence-corrected chi connectivity index (χ2v) is 7.43. The number of unbranched alkanes of at least 4 members (excludes halogenated alkanes) is 1. The molecule has 5 heteroatoms. The molecule has 0 aliphatic rings. The van der Waals surface area contributed by atoms with Crippen LogP contribution in [0.15, 0.2) is 0 Å². The smallest absolute Gasteiger partial charge is 0.374 e. The van der Waals surface area contributed by atoms with Gasteiger partial charge in [-0.3, -0.25) is 0 Å². The molecule has 0 amide bonds. The standard InChI is InChI=1S/C12H27BrO3Si/c1-5-9-10-12(11-13)17(14-6-2,15-7-3)16-8-4/h12H,5-11H2,1-4H3. The van der Waals surface area contributed by atoms with Gasteiger partial charge in [0.1, 0.15) is 0 Å². The van der Waals surface area contributed by atoms with E-state index < -0.39 is 8.80 Å². The van der Waals surface area contributed by atoms with Gasteiger partial charge in [-0.15, -0.1) is 0 Å². The largest absolute Gasteiger partial charge is 0.505 e. The lowest BCUT2D eigenvalue weighted by molar-refractivity contribution is 0.0619. The number of rotatable bonds is 11. The van der Waals surface area contributed by atoms with Gasteiger partial charge >= 0.3 is 8.80 Å². The minimum Gasteiger partial charge on any atom is -0.374 e. The topological polar surface area (TPSA) is 27.7 Å². The Morgan fingerprint density at radius 3 is 1.71 bits per heavy atom. The van der Waals surface area contributed by atoms with Crippen molar-refractivity contribution < 1.29 is 13.3 Å². The lowest BCUT2D eigenvalue weighted by Crippen LogP contribution is -2.51. The Balaban J connectivity index is 4.76. The van der Waals surface area contributed by atoms with Crippen molar-refractivity contribution in [3.05, 3.63) is 0 Å². The van der Waals surface area contributed by atoms with E-state index in [1.807, 2.05) is 20.8 Å². The number of hydrogen-bond donors (Lipinski definition) is 0. The van der Waals surface area contributed by atoms with E-state index in [9.17, 15) is 0 Å². The Kier molecular flexibility index (Phi) is 10.9. The Hall–Kier alpha value is 0.577. The Morgan fingerprint density at radius 2 is 1.41 bits per heavy atom. The first kappa shape index (κ1) is 17.6. The first-order valence-corrected chi connectivity index (χ1v) is 9.60. The fraction of sp³-hybridized carbons (Fsp3) is 1.00. The van der Waals surface area contributed by atoms with E-state index in [1.165, 1.54) is 12.8 Å². The van der Waals surface area contributed by atoms with Crippen molar-refractivity contribution in [3.8, 4) is 0 Å². The van der Waals surface area contributed by atoms with Gasteiger partial charge in [0.15, 0.2) is 0 Å². The zero-order valence-electron chi connectivity index (χ0n) is 11.6. The molecule has 104 valence electrons. The van der Waals surface area contributed by atoms with Gasteiger partial charge in [-0.1, -0.05) is 35.7 Å². The van der Waals surface area contributed by atoms with E-state index in [2.05, 4.69) is 22.9 Å². The first-order chi connectivity index (χ1) is 8.20. The highest BCUT2D eigenvalue weighted by Gasteiger charge is 2.48. The summed E-state index contributed by atoms with van der Waals surface area (Å²) in [6.45, 7) is 10.2. The summed E-state index contributed by atoms with van der Waals surface area (Å²) >= 11 is 3.59. The molecule has 0 radical (unpaired) electrons. The summed E-state index contributed by atoms with van der Waals surface area (Å²) < 4.78 is 17.8. The Morgan fingerprint density at radius 1 is 0.941 bits per heavy atom. The third-order valence-corrected chi connectivity index (χ3v) is 7.57. The highest BCUT2D eigenvalue weighted by molar-refractivity contribution is 9.09. The molecule has 0 N–H and O–H groups in total. The third-order valence-electron chi connectivity index (χ3n) is 2.63. The molecule has 17 heavy (non-hydrogen) atoms. The van der Waals surface area contributed by atoms with E-state index in [-0.39, 0.29) is 0 Å². The second-order valence-electron chi connectivity index (χ2n) is 3.90. The molecular weight excluding hydrogens is 300 g/mol. The zero-order chi connectivity index (χ0) is 13.1. The summed E-state index contributed by atoms with van der Waals surface area (Å²) in [4.78, 5) is 0. The average Bonchev–Trinajstić information content (AvgIpc) is 2.31. The van der Waals surface area contributed by atoms with Crippen molar-refractivity contribution in [2.75, 3.05) is 25.2 Å². The fourth-order valence-corrected chi connectivity index (χ4v) is 6.31. The molecule has 0 aromatic carbocycles. The summed E-state index contributed by atoms with van der Waals surface area (Å²) in [6, 6.07) is 0. The molecule has 0 rings (SSSR count). The molecule has 1 atom stereocenters. The van der Waals surface area contributed by atoms with E-state index in [0.717, 1.165) is 11.8 Å². The third kappa shape index (κ3) is 5.83. The molecule has 0 saturated heterocycles. The fourth-order valence-electron chi connectivity index (χ4n) is 1.88. The monoisotopic (exact) mass is 326 g/mol. The molecule has 0 aromatic heterocycles. The van der Waals surface area contributed by atoms with Crippen LogP contribution in [0.5, 0.6) is 0 Å². The quantitative estimate of drug-likeness (QED) is 0.424. The van der Waals surface area contributed by atoms with Gasteiger partial charge in [0.2, 0.25) is 0 Å². The average molecular weight is 327 g/mol. The molecule has 1 unspecified atom stereocenters. The second kappa shape index (κ2) is 10.5. The van der Waals surface area contributed by atoms with Gasteiger partial charge in [-0.05, 0) is 27.2 Å². The van der Waals surface area contributed by atoms with Crippen LogP contribution in [0.25, 0.3) is 0 Å².